The minimum absolute atomic E-state index is 0.160. The lowest BCUT2D eigenvalue weighted by Crippen LogP contribution is -2.11. The van der Waals surface area contributed by atoms with Crippen LogP contribution in [-0.4, -0.2) is 14.2 Å². The maximum Gasteiger partial charge on any atom is 0.417 e. The molecule has 3 aromatic carbocycles. The predicted octanol–water partition coefficient (Wildman–Crippen LogP) is 5.65. The van der Waals surface area contributed by atoms with Gasteiger partial charge in [-0.25, -0.2) is 0 Å². The molecular formula is C22H15F3O4. The fraction of sp³-hybridized carbons (Fsp3) is 0.136. The summed E-state index contributed by atoms with van der Waals surface area (Å²) in [5.74, 6) is 0.898. The SMILES string of the molecule is COc1ccc2c(ccc3occ(-c4ccccc4C(F)(F)F)c(=O)c32)c1OC. The second-order valence-electron chi connectivity index (χ2n) is 6.36. The van der Waals surface area contributed by atoms with Gasteiger partial charge in [0.25, 0.3) is 0 Å². The highest BCUT2D eigenvalue weighted by atomic mass is 19.4. The van der Waals surface area contributed by atoms with E-state index in [0.29, 0.717) is 22.3 Å². The molecule has 4 nitrogen and oxygen atoms in total. The Morgan fingerprint density at radius 3 is 2.28 bits per heavy atom. The van der Waals surface area contributed by atoms with Crippen LogP contribution in [0.5, 0.6) is 11.5 Å². The Hall–Kier alpha value is -3.48. The van der Waals surface area contributed by atoms with Gasteiger partial charge in [-0.2, -0.15) is 13.2 Å². The molecule has 4 aromatic rings. The third-order valence-corrected chi connectivity index (χ3v) is 4.80. The van der Waals surface area contributed by atoms with Crippen LogP contribution in [-0.2, 0) is 6.18 Å². The maximum atomic E-state index is 13.5. The van der Waals surface area contributed by atoms with E-state index < -0.39 is 17.2 Å². The summed E-state index contributed by atoms with van der Waals surface area (Å²) in [7, 11) is 2.96. The van der Waals surface area contributed by atoms with Crippen molar-refractivity contribution in [2.75, 3.05) is 14.2 Å². The second kappa shape index (κ2) is 6.84. The molecule has 0 aliphatic rings. The zero-order valence-electron chi connectivity index (χ0n) is 15.5. The third-order valence-electron chi connectivity index (χ3n) is 4.80. The predicted molar refractivity (Wildman–Crippen MR) is 104 cm³/mol. The van der Waals surface area contributed by atoms with Crippen molar-refractivity contribution in [3.05, 3.63) is 70.6 Å². The number of hydrogen-bond acceptors (Lipinski definition) is 4. The van der Waals surface area contributed by atoms with Crippen molar-refractivity contribution >= 4 is 21.7 Å². The average Bonchev–Trinajstić information content (AvgIpc) is 2.72. The molecule has 0 aliphatic heterocycles. The molecule has 0 saturated heterocycles. The molecule has 29 heavy (non-hydrogen) atoms. The highest BCUT2D eigenvalue weighted by Gasteiger charge is 2.34. The number of benzene rings is 3. The number of halogens is 3. The first-order chi connectivity index (χ1) is 13.9. The van der Waals surface area contributed by atoms with Crippen LogP contribution >= 0.6 is 0 Å². The van der Waals surface area contributed by atoms with E-state index in [0.717, 1.165) is 12.3 Å². The molecule has 0 bridgehead atoms. The van der Waals surface area contributed by atoms with Gasteiger partial charge in [0.05, 0.1) is 30.7 Å². The van der Waals surface area contributed by atoms with Gasteiger partial charge in [0, 0.05) is 16.3 Å². The van der Waals surface area contributed by atoms with E-state index in [-0.39, 0.29) is 22.1 Å². The number of ether oxygens (including phenoxy) is 2. The Kier molecular flexibility index (Phi) is 4.45. The average molecular weight is 400 g/mol. The van der Waals surface area contributed by atoms with Crippen molar-refractivity contribution in [3.8, 4) is 22.6 Å². The Morgan fingerprint density at radius 1 is 0.862 bits per heavy atom. The zero-order valence-corrected chi connectivity index (χ0v) is 15.5. The van der Waals surface area contributed by atoms with Gasteiger partial charge in [0.1, 0.15) is 11.8 Å². The summed E-state index contributed by atoms with van der Waals surface area (Å²) in [6, 6.07) is 11.5. The minimum Gasteiger partial charge on any atom is -0.493 e. The minimum atomic E-state index is -4.60. The molecule has 4 rings (SSSR count). The molecule has 0 amide bonds. The van der Waals surface area contributed by atoms with Crippen LogP contribution < -0.4 is 14.9 Å². The lowest BCUT2D eigenvalue weighted by Gasteiger charge is -2.14. The monoisotopic (exact) mass is 400 g/mol. The Balaban J connectivity index is 2.10. The molecule has 0 unspecified atom stereocenters. The van der Waals surface area contributed by atoms with E-state index in [2.05, 4.69) is 0 Å². The fourth-order valence-electron chi connectivity index (χ4n) is 3.50. The number of alkyl halides is 3. The van der Waals surface area contributed by atoms with Crippen molar-refractivity contribution in [1.29, 1.82) is 0 Å². The number of rotatable bonds is 3. The normalized spacial score (nSPS) is 11.8. The topological polar surface area (TPSA) is 48.7 Å². The quantitative estimate of drug-likeness (QED) is 0.417. The van der Waals surface area contributed by atoms with Crippen LogP contribution in [0.2, 0.25) is 0 Å². The molecule has 1 heterocycles. The highest BCUT2D eigenvalue weighted by molar-refractivity contribution is 6.09. The van der Waals surface area contributed by atoms with Crippen LogP contribution in [0.4, 0.5) is 13.2 Å². The molecule has 0 atom stereocenters. The van der Waals surface area contributed by atoms with Crippen molar-refractivity contribution in [2.24, 2.45) is 0 Å². The molecule has 0 saturated carbocycles. The summed E-state index contributed by atoms with van der Waals surface area (Å²) in [6.45, 7) is 0. The lowest BCUT2D eigenvalue weighted by molar-refractivity contribution is -0.137. The van der Waals surface area contributed by atoms with Crippen molar-refractivity contribution in [1.82, 2.24) is 0 Å². The molecule has 0 radical (unpaired) electrons. The summed E-state index contributed by atoms with van der Waals surface area (Å²) in [4.78, 5) is 13.3. The van der Waals surface area contributed by atoms with Crippen molar-refractivity contribution in [3.63, 3.8) is 0 Å². The maximum absolute atomic E-state index is 13.5. The largest absolute Gasteiger partial charge is 0.493 e. The lowest BCUT2D eigenvalue weighted by atomic mass is 9.97. The van der Waals surface area contributed by atoms with Gasteiger partial charge in [-0.1, -0.05) is 18.2 Å². The van der Waals surface area contributed by atoms with Gasteiger partial charge in [0.15, 0.2) is 11.5 Å². The van der Waals surface area contributed by atoms with Crippen molar-refractivity contribution < 1.29 is 27.1 Å². The van der Waals surface area contributed by atoms with Crippen LogP contribution in [0.1, 0.15) is 5.56 Å². The van der Waals surface area contributed by atoms with Crippen LogP contribution in [0.15, 0.2) is 64.0 Å². The smallest absolute Gasteiger partial charge is 0.417 e. The van der Waals surface area contributed by atoms with Gasteiger partial charge in [-0.15, -0.1) is 0 Å². The number of fused-ring (bicyclic) bond motifs is 3. The number of methoxy groups -OCH3 is 2. The standard InChI is InChI=1S/C22H15F3O4/c1-27-18-10-7-13-14(21(18)28-2)8-9-17-19(13)20(26)15(11-29-17)12-5-3-4-6-16(12)22(23,24)25/h3-11H,1-2H3. The van der Waals surface area contributed by atoms with Gasteiger partial charge >= 0.3 is 6.18 Å². The van der Waals surface area contributed by atoms with E-state index in [1.807, 2.05) is 0 Å². The second-order valence-corrected chi connectivity index (χ2v) is 6.36. The molecule has 0 aliphatic carbocycles. The summed E-state index contributed by atoms with van der Waals surface area (Å²) in [5.41, 5.74) is -1.57. The van der Waals surface area contributed by atoms with Crippen LogP contribution in [0.3, 0.4) is 0 Å². The van der Waals surface area contributed by atoms with Gasteiger partial charge < -0.3 is 13.9 Å². The van der Waals surface area contributed by atoms with E-state index in [1.54, 1.807) is 24.3 Å². The van der Waals surface area contributed by atoms with Gasteiger partial charge in [-0.05, 0) is 30.3 Å². The van der Waals surface area contributed by atoms with E-state index in [4.69, 9.17) is 13.9 Å². The Labute approximate surface area is 163 Å². The first kappa shape index (κ1) is 18.9. The van der Waals surface area contributed by atoms with E-state index >= 15 is 0 Å². The van der Waals surface area contributed by atoms with Gasteiger partial charge in [-0.3, -0.25) is 4.79 Å². The Bertz CT molecular complexity index is 1290. The molecule has 0 N–H and O–H groups in total. The zero-order chi connectivity index (χ0) is 20.8. The van der Waals surface area contributed by atoms with E-state index in [1.165, 1.54) is 32.4 Å². The summed E-state index contributed by atoms with van der Waals surface area (Å²) in [6.07, 6.45) is -3.53. The van der Waals surface area contributed by atoms with Crippen molar-refractivity contribution in [2.45, 2.75) is 6.18 Å². The molecule has 1 aromatic heterocycles. The summed E-state index contributed by atoms with van der Waals surface area (Å²) < 4.78 is 56.6. The first-order valence-corrected chi connectivity index (χ1v) is 8.62. The summed E-state index contributed by atoms with van der Waals surface area (Å²) in [5, 5.41) is 1.27. The summed E-state index contributed by atoms with van der Waals surface area (Å²) >= 11 is 0. The molecule has 0 spiro atoms. The van der Waals surface area contributed by atoms with Crippen LogP contribution in [0, 0.1) is 0 Å². The van der Waals surface area contributed by atoms with Gasteiger partial charge in [0.2, 0.25) is 5.43 Å². The first-order valence-electron chi connectivity index (χ1n) is 8.62. The highest BCUT2D eigenvalue weighted by Crippen LogP contribution is 2.39. The molecule has 0 fully saturated rings. The molecular weight excluding hydrogens is 385 g/mol. The third kappa shape index (κ3) is 2.99. The Morgan fingerprint density at radius 2 is 1.59 bits per heavy atom. The molecule has 148 valence electrons. The van der Waals surface area contributed by atoms with Crippen LogP contribution in [0.25, 0.3) is 32.9 Å². The molecule has 7 heteroatoms. The number of hydrogen-bond donors (Lipinski definition) is 0. The fourth-order valence-corrected chi connectivity index (χ4v) is 3.50. The van der Waals surface area contributed by atoms with E-state index in [9.17, 15) is 18.0 Å².